The van der Waals surface area contributed by atoms with Crippen LogP contribution in [0.25, 0.3) is 0 Å². The SMILES string of the molecule is CC1COCCN1S(=O)(=O)CCNS(=O)(=O)N(C)C. The average Bonchev–Trinajstić information content (AvgIpc) is 2.28. The van der Waals surface area contributed by atoms with Crippen molar-refractivity contribution in [2.75, 3.05) is 46.2 Å². The lowest BCUT2D eigenvalue weighted by Gasteiger charge is -2.32. The lowest BCUT2D eigenvalue weighted by molar-refractivity contribution is 0.0393. The summed E-state index contributed by atoms with van der Waals surface area (Å²) in [5, 5.41) is 0. The number of ether oxygens (including phenoxy) is 1. The Bertz CT molecular complexity index is 488. The van der Waals surface area contributed by atoms with Crippen molar-refractivity contribution in [1.82, 2.24) is 13.3 Å². The lowest BCUT2D eigenvalue weighted by atomic mass is 10.3. The molecule has 10 heteroatoms. The van der Waals surface area contributed by atoms with Gasteiger partial charge in [-0.15, -0.1) is 0 Å². The second kappa shape index (κ2) is 6.46. The fourth-order valence-corrected chi connectivity index (χ4v) is 3.97. The highest BCUT2D eigenvalue weighted by atomic mass is 32.2. The molecule has 1 rings (SSSR count). The van der Waals surface area contributed by atoms with E-state index in [1.54, 1.807) is 6.92 Å². The minimum absolute atomic E-state index is 0.146. The Morgan fingerprint density at radius 2 is 1.95 bits per heavy atom. The summed E-state index contributed by atoms with van der Waals surface area (Å²) in [4.78, 5) is 0. The Morgan fingerprint density at radius 3 is 2.47 bits per heavy atom. The summed E-state index contributed by atoms with van der Waals surface area (Å²) in [5.41, 5.74) is 0. The minimum atomic E-state index is -3.59. The van der Waals surface area contributed by atoms with Crippen LogP contribution in [0.15, 0.2) is 0 Å². The summed E-state index contributed by atoms with van der Waals surface area (Å²) in [6.07, 6.45) is 0. The van der Waals surface area contributed by atoms with Crippen molar-refractivity contribution < 1.29 is 21.6 Å². The fourth-order valence-electron chi connectivity index (χ4n) is 1.67. The highest BCUT2D eigenvalue weighted by Gasteiger charge is 2.30. The highest BCUT2D eigenvalue weighted by Crippen LogP contribution is 2.12. The zero-order valence-corrected chi connectivity index (χ0v) is 13.0. The van der Waals surface area contributed by atoms with Gasteiger partial charge in [0.25, 0.3) is 10.2 Å². The Labute approximate surface area is 114 Å². The molecule has 1 N–H and O–H groups in total. The van der Waals surface area contributed by atoms with E-state index in [2.05, 4.69) is 4.72 Å². The van der Waals surface area contributed by atoms with Crippen molar-refractivity contribution in [1.29, 1.82) is 0 Å². The van der Waals surface area contributed by atoms with Gasteiger partial charge in [0.15, 0.2) is 0 Å². The molecule has 0 aromatic rings. The molecule has 1 fully saturated rings. The van der Waals surface area contributed by atoms with Gasteiger partial charge >= 0.3 is 0 Å². The first-order chi connectivity index (χ1) is 8.67. The zero-order valence-electron chi connectivity index (χ0n) is 11.4. The first-order valence-electron chi connectivity index (χ1n) is 5.91. The van der Waals surface area contributed by atoms with Crippen LogP contribution in [0.1, 0.15) is 6.92 Å². The summed E-state index contributed by atoms with van der Waals surface area (Å²) < 4.78 is 56.8. The molecule has 1 aliphatic heterocycles. The maximum absolute atomic E-state index is 12.1. The molecule has 0 aromatic heterocycles. The van der Waals surface area contributed by atoms with Crippen LogP contribution in [0, 0.1) is 0 Å². The minimum Gasteiger partial charge on any atom is -0.378 e. The molecule has 0 aromatic carbocycles. The number of morpholine rings is 1. The molecule has 8 nitrogen and oxygen atoms in total. The van der Waals surface area contributed by atoms with Gasteiger partial charge in [-0.3, -0.25) is 0 Å². The van der Waals surface area contributed by atoms with Crippen molar-refractivity contribution in [3.8, 4) is 0 Å². The predicted molar refractivity (Wildman–Crippen MR) is 71.4 cm³/mol. The van der Waals surface area contributed by atoms with E-state index in [9.17, 15) is 16.8 Å². The summed E-state index contributed by atoms with van der Waals surface area (Å²) in [7, 11) is -4.31. The van der Waals surface area contributed by atoms with Crippen LogP contribution in [0.4, 0.5) is 0 Å². The van der Waals surface area contributed by atoms with Crippen LogP contribution in [0.5, 0.6) is 0 Å². The van der Waals surface area contributed by atoms with Gasteiger partial charge < -0.3 is 4.74 Å². The van der Waals surface area contributed by atoms with Gasteiger partial charge in [-0.05, 0) is 6.92 Å². The monoisotopic (exact) mass is 315 g/mol. The molecule has 114 valence electrons. The molecular weight excluding hydrogens is 294 g/mol. The van der Waals surface area contributed by atoms with Crippen LogP contribution in [-0.2, 0) is 25.0 Å². The molecule has 0 bridgehead atoms. The number of nitrogens with one attached hydrogen (secondary N) is 1. The third-order valence-electron chi connectivity index (χ3n) is 2.79. The van der Waals surface area contributed by atoms with Crippen molar-refractivity contribution in [2.45, 2.75) is 13.0 Å². The fraction of sp³-hybridized carbons (Fsp3) is 1.00. The topological polar surface area (TPSA) is 96.0 Å². The predicted octanol–water partition coefficient (Wildman–Crippen LogP) is -1.57. The largest absolute Gasteiger partial charge is 0.378 e. The van der Waals surface area contributed by atoms with Crippen LogP contribution >= 0.6 is 0 Å². The molecule has 1 unspecified atom stereocenters. The normalized spacial score (nSPS) is 22.8. The van der Waals surface area contributed by atoms with Crippen LogP contribution in [0.2, 0.25) is 0 Å². The molecule has 0 radical (unpaired) electrons. The third kappa shape index (κ3) is 4.65. The summed E-state index contributed by atoms with van der Waals surface area (Å²) in [5.74, 6) is -0.260. The summed E-state index contributed by atoms with van der Waals surface area (Å²) in [6, 6.07) is -0.218. The maximum atomic E-state index is 12.1. The first-order valence-corrected chi connectivity index (χ1v) is 8.96. The van der Waals surface area contributed by atoms with E-state index in [-0.39, 0.29) is 18.3 Å². The van der Waals surface area contributed by atoms with E-state index >= 15 is 0 Å². The van der Waals surface area contributed by atoms with Gasteiger partial charge in [0.2, 0.25) is 10.0 Å². The standard InChI is InChI=1S/C9H21N3O5S2/c1-9-8-17-6-5-12(9)18(13,14)7-4-10-19(15,16)11(2)3/h9-10H,4-8H2,1-3H3. The molecular formula is C9H21N3O5S2. The Kier molecular flexibility index (Phi) is 5.71. The Hall–Kier alpha value is -0.260. The van der Waals surface area contributed by atoms with Crippen LogP contribution < -0.4 is 4.72 Å². The summed E-state index contributed by atoms with van der Waals surface area (Å²) in [6.45, 7) is 2.66. The molecule has 0 spiro atoms. The molecule has 0 amide bonds. The third-order valence-corrected chi connectivity index (χ3v) is 6.30. The Balaban J connectivity index is 2.56. The quantitative estimate of drug-likeness (QED) is 0.639. The molecule has 1 heterocycles. The van der Waals surface area contributed by atoms with E-state index in [1.165, 1.54) is 18.4 Å². The van der Waals surface area contributed by atoms with Crippen LogP contribution in [-0.4, -0.2) is 77.6 Å². The summed E-state index contributed by atoms with van der Waals surface area (Å²) >= 11 is 0. The second-order valence-corrected chi connectivity index (χ2v) is 8.54. The van der Waals surface area contributed by atoms with Gasteiger partial charge in [-0.2, -0.15) is 17.0 Å². The highest BCUT2D eigenvalue weighted by molar-refractivity contribution is 7.89. The van der Waals surface area contributed by atoms with Gasteiger partial charge in [-0.1, -0.05) is 0 Å². The average molecular weight is 315 g/mol. The number of rotatable bonds is 6. The van der Waals surface area contributed by atoms with Crippen molar-refractivity contribution in [3.63, 3.8) is 0 Å². The molecule has 0 aliphatic carbocycles. The van der Waals surface area contributed by atoms with E-state index in [0.717, 1.165) is 4.31 Å². The number of hydrogen-bond acceptors (Lipinski definition) is 5. The van der Waals surface area contributed by atoms with E-state index < -0.39 is 20.2 Å². The molecule has 1 saturated heterocycles. The Morgan fingerprint density at radius 1 is 1.32 bits per heavy atom. The van der Waals surface area contributed by atoms with Gasteiger partial charge in [0.1, 0.15) is 0 Å². The first kappa shape index (κ1) is 16.8. The molecule has 19 heavy (non-hydrogen) atoms. The molecule has 1 atom stereocenters. The lowest BCUT2D eigenvalue weighted by Crippen LogP contribution is -2.49. The van der Waals surface area contributed by atoms with Gasteiger partial charge in [0.05, 0.1) is 19.0 Å². The smallest absolute Gasteiger partial charge is 0.278 e. The van der Waals surface area contributed by atoms with Crippen LogP contribution in [0.3, 0.4) is 0 Å². The van der Waals surface area contributed by atoms with Crippen molar-refractivity contribution >= 4 is 20.2 Å². The van der Waals surface area contributed by atoms with Gasteiger partial charge in [-0.25, -0.2) is 13.1 Å². The van der Waals surface area contributed by atoms with E-state index in [1.807, 2.05) is 0 Å². The van der Waals surface area contributed by atoms with Crippen molar-refractivity contribution in [2.24, 2.45) is 0 Å². The van der Waals surface area contributed by atoms with Crippen molar-refractivity contribution in [3.05, 3.63) is 0 Å². The van der Waals surface area contributed by atoms with Gasteiger partial charge in [0, 0.05) is 33.2 Å². The number of hydrogen-bond donors (Lipinski definition) is 1. The maximum Gasteiger partial charge on any atom is 0.278 e. The number of sulfonamides is 1. The zero-order chi connectivity index (χ0) is 14.7. The molecule has 0 saturated carbocycles. The molecule has 1 aliphatic rings. The number of nitrogens with zero attached hydrogens (tertiary/aromatic N) is 2. The van der Waals surface area contributed by atoms with E-state index in [0.29, 0.717) is 19.8 Å². The second-order valence-electron chi connectivity index (χ2n) is 4.53. The van der Waals surface area contributed by atoms with E-state index in [4.69, 9.17) is 4.74 Å².